The molecular formula is C17H22N2O2. The molecule has 0 bridgehead atoms. The average molecular weight is 286 g/mol. The number of carbonyl (C=O) groups is 1. The maximum atomic E-state index is 11.6. The van der Waals surface area contributed by atoms with Gasteiger partial charge in [0.05, 0.1) is 19.0 Å². The Morgan fingerprint density at radius 3 is 2.76 bits per heavy atom. The van der Waals surface area contributed by atoms with E-state index in [9.17, 15) is 4.79 Å². The molecule has 0 aliphatic rings. The van der Waals surface area contributed by atoms with E-state index in [4.69, 9.17) is 10.5 Å². The quantitative estimate of drug-likeness (QED) is 0.858. The van der Waals surface area contributed by atoms with Gasteiger partial charge in [-0.05, 0) is 37.1 Å². The molecule has 2 unspecified atom stereocenters. The zero-order valence-corrected chi connectivity index (χ0v) is 12.8. The van der Waals surface area contributed by atoms with E-state index in [-0.39, 0.29) is 17.9 Å². The van der Waals surface area contributed by atoms with Gasteiger partial charge in [-0.15, -0.1) is 0 Å². The van der Waals surface area contributed by atoms with E-state index in [0.29, 0.717) is 6.42 Å². The molecule has 2 N–H and O–H groups in total. The standard InChI is InChI=1S/C17H22N2O2/c1-4-15(18)14(10-17(20)21-3)12-7-8-16-13(9-12)6-5-11(2)19-16/h5-9,14-15H,4,10,18H2,1-3H3. The van der Waals surface area contributed by atoms with Crippen molar-refractivity contribution in [3.8, 4) is 0 Å². The van der Waals surface area contributed by atoms with Crippen LogP contribution in [0.25, 0.3) is 10.9 Å². The van der Waals surface area contributed by atoms with Gasteiger partial charge in [0.25, 0.3) is 0 Å². The Morgan fingerprint density at radius 2 is 2.10 bits per heavy atom. The Hall–Kier alpha value is -1.94. The van der Waals surface area contributed by atoms with Gasteiger partial charge >= 0.3 is 5.97 Å². The summed E-state index contributed by atoms with van der Waals surface area (Å²) in [6.45, 7) is 4.00. The molecule has 0 amide bonds. The Labute approximate surface area is 125 Å². The van der Waals surface area contributed by atoms with Crippen LogP contribution in [0.2, 0.25) is 0 Å². The van der Waals surface area contributed by atoms with Crippen molar-refractivity contribution in [2.24, 2.45) is 5.73 Å². The van der Waals surface area contributed by atoms with Crippen LogP contribution in [0.15, 0.2) is 30.3 Å². The second-order valence-corrected chi connectivity index (χ2v) is 5.36. The number of benzene rings is 1. The highest BCUT2D eigenvalue weighted by Gasteiger charge is 2.22. The highest BCUT2D eigenvalue weighted by molar-refractivity contribution is 5.80. The first-order valence-corrected chi connectivity index (χ1v) is 7.24. The van der Waals surface area contributed by atoms with Crippen molar-refractivity contribution in [1.82, 2.24) is 4.98 Å². The molecule has 1 aromatic carbocycles. The first-order valence-electron chi connectivity index (χ1n) is 7.24. The minimum Gasteiger partial charge on any atom is -0.469 e. The van der Waals surface area contributed by atoms with Crippen LogP contribution in [0, 0.1) is 6.92 Å². The fraction of sp³-hybridized carbons (Fsp3) is 0.412. The van der Waals surface area contributed by atoms with Gasteiger partial charge in [0, 0.05) is 23.0 Å². The van der Waals surface area contributed by atoms with Crippen LogP contribution in [-0.2, 0) is 9.53 Å². The largest absolute Gasteiger partial charge is 0.469 e. The number of aryl methyl sites for hydroxylation is 1. The normalized spacial score (nSPS) is 13.9. The minimum absolute atomic E-state index is 0.0341. The first-order chi connectivity index (χ1) is 10.0. The predicted molar refractivity (Wildman–Crippen MR) is 84.1 cm³/mol. The molecule has 0 aliphatic heterocycles. The summed E-state index contributed by atoms with van der Waals surface area (Å²) < 4.78 is 4.79. The lowest BCUT2D eigenvalue weighted by atomic mass is 9.87. The summed E-state index contributed by atoms with van der Waals surface area (Å²) in [4.78, 5) is 16.1. The van der Waals surface area contributed by atoms with Crippen molar-refractivity contribution in [1.29, 1.82) is 0 Å². The number of hydrogen-bond acceptors (Lipinski definition) is 4. The number of ether oxygens (including phenoxy) is 1. The average Bonchev–Trinajstić information content (AvgIpc) is 2.51. The van der Waals surface area contributed by atoms with Crippen molar-refractivity contribution >= 4 is 16.9 Å². The summed E-state index contributed by atoms with van der Waals surface area (Å²) in [5.41, 5.74) is 9.21. The fourth-order valence-corrected chi connectivity index (χ4v) is 2.54. The van der Waals surface area contributed by atoms with Crippen molar-refractivity contribution in [3.05, 3.63) is 41.6 Å². The molecule has 0 radical (unpaired) electrons. The summed E-state index contributed by atoms with van der Waals surface area (Å²) in [5.74, 6) is -0.265. The number of nitrogens with two attached hydrogens (primary N) is 1. The molecule has 4 heteroatoms. The van der Waals surface area contributed by atoms with Crippen molar-refractivity contribution < 1.29 is 9.53 Å². The molecule has 2 aromatic rings. The third kappa shape index (κ3) is 3.58. The number of carbonyl (C=O) groups excluding carboxylic acids is 1. The van der Waals surface area contributed by atoms with E-state index in [0.717, 1.165) is 28.6 Å². The highest BCUT2D eigenvalue weighted by atomic mass is 16.5. The SMILES string of the molecule is CCC(N)C(CC(=O)OC)c1ccc2nc(C)ccc2c1. The molecule has 2 atom stereocenters. The number of hydrogen-bond donors (Lipinski definition) is 1. The number of aromatic nitrogens is 1. The van der Waals surface area contributed by atoms with E-state index >= 15 is 0 Å². The van der Waals surface area contributed by atoms with E-state index in [1.165, 1.54) is 7.11 Å². The van der Waals surface area contributed by atoms with Crippen molar-refractivity contribution in [3.63, 3.8) is 0 Å². The second-order valence-electron chi connectivity index (χ2n) is 5.36. The molecule has 4 nitrogen and oxygen atoms in total. The highest BCUT2D eigenvalue weighted by Crippen LogP contribution is 2.27. The smallest absolute Gasteiger partial charge is 0.306 e. The van der Waals surface area contributed by atoms with Crippen LogP contribution in [0.1, 0.15) is 36.9 Å². The number of fused-ring (bicyclic) bond motifs is 1. The summed E-state index contributed by atoms with van der Waals surface area (Å²) in [6, 6.07) is 10.0. The lowest BCUT2D eigenvalue weighted by Gasteiger charge is -2.22. The van der Waals surface area contributed by atoms with Crippen molar-refractivity contribution in [2.45, 2.75) is 38.6 Å². The topological polar surface area (TPSA) is 65.2 Å². The number of pyridine rings is 1. The summed E-state index contributed by atoms with van der Waals surface area (Å²) >= 11 is 0. The lowest BCUT2D eigenvalue weighted by Crippen LogP contribution is -2.29. The Kier molecular flexibility index (Phi) is 4.91. The third-order valence-electron chi connectivity index (χ3n) is 3.88. The van der Waals surface area contributed by atoms with Gasteiger partial charge in [0.1, 0.15) is 0 Å². The summed E-state index contributed by atoms with van der Waals surface area (Å²) in [5, 5.41) is 1.07. The first kappa shape index (κ1) is 15.4. The molecule has 1 aromatic heterocycles. The van der Waals surface area contributed by atoms with E-state index < -0.39 is 0 Å². The Bertz CT molecular complexity index is 640. The zero-order chi connectivity index (χ0) is 15.4. The summed E-state index contributed by atoms with van der Waals surface area (Å²) in [7, 11) is 1.41. The number of esters is 1. The van der Waals surface area contributed by atoms with Crippen molar-refractivity contribution in [2.75, 3.05) is 7.11 Å². The fourth-order valence-electron chi connectivity index (χ4n) is 2.54. The van der Waals surface area contributed by atoms with Gasteiger partial charge in [-0.1, -0.05) is 19.1 Å². The Morgan fingerprint density at radius 1 is 1.33 bits per heavy atom. The summed E-state index contributed by atoms with van der Waals surface area (Å²) in [6.07, 6.45) is 1.11. The predicted octanol–water partition coefficient (Wildman–Crippen LogP) is 2.93. The Balaban J connectivity index is 2.39. The van der Waals surface area contributed by atoms with Crippen LogP contribution in [0.5, 0.6) is 0 Å². The molecule has 0 aliphatic carbocycles. The maximum absolute atomic E-state index is 11.6. The molecule has 2 rings (SSSR count). The van der Waals surface area contributed by atoms with Gasteiger partial charge in [-0.3, -0.25) is 9.78 Å². The van der Waals surface area contributed by atoms with Crippen LogP contribution >= 0.6 is 0 Å². The minimum atomic E-state index is -0.231. The van der Waals surface area contributed by atoms with E-state index in [1.807, 2.05) is 38.1 Å². The van der Waals surface area contributed by atoms with E-state index in [2.05, 4.69) is 11.1 Å². The molecular weight excluding hydrogens is 264 g/mol. The molecule has 0 spiro atoms. The van der Waals surface area contributed by atoms with Gasteiger partial charge in [-0.2, -0.15) is 0 Å². The van der Waals surface area contributed by atoms with Gasteiger partial charge in [-0.25, -0.2) is 0 Å². The monoisotopic (exact) mass is 286 g/mol. The van der Waals surface area contributed by atoms with Gasteiger partial charge in [0.15, 0.2) is 0 Å². The number of nitrogens with zero attached hydrogens (tertiary/aromatic N) is 1. The number of methoxy groups -OCH3 is 1. The van der Waals surface area contributed by atoms with Gasteiger partial charge in [0.2, 0.25) is 0 Å². The van der Waals surface area contributed by atoms with Crippen LogP contribution in [0.4, 0.5) is 0 Å². The molecule has 0 saturated heterocycles. The number of rotatable bonds is 5. The molecule has 112 valence electrons. The lowest BCUT2D eigenvalue weighted by molar-refractivity contribution is -0.141. The van der Waals surface area contributed by atoms with Gasteiger partial charge < -0.3 is 10.5 Å². The third-order valence-corrected chi connectivity index (χ3v) is 3.88. The zero-order valence-electron chi connectivity index (χ0n) is 12.8. The maximum Gasteiger partial charge on any atom is 0.306 e. The van der Waals surface area contributed by atoms with Crippen LogP contribution in [-0.4, -0.2) is 24.1 Å². The molecule has 1 heterocycles. The van der Waals surface area contributed by atoms with E-state index in [1.54, 1.807) is 0 Å². The molecule has 21 heavy (non-hydrogen) atoms. The molecule has 0 fully saturated rings. The second kappa shape index (κ2) is 6.68. The van der Waals surface area contributed by atoms with Crippen LogP contribution in [0.3, 0.4) is 0 Å². The van der Waals surface area contributed by atoms with Crippen LogP contribution < -0.4 is 5.73 Å². The molecule has 0 saturated carbocycles.